The Morgan fingerprint density at radius 1 is 1.41 bits per heavy atom. The Labute approximate surface area is 103 Å². The van der Waals surface area contributed by atoms with Crippen molar-refractivity contribution < 1.29 is 9.00 Å². The summed E-state index contributed by atoms with van der Waals surface area (Å²) in [5.41, 5.74) is 0.258. The van der Waals surface area contributed by atoms with Crippen molar-refractivity contribution in [2.45, 2.75) is 6.92 Å². The van der Waals surface area contributed by atoms with Crippen LogP contribution in [0, 0.1) is 0 Å². The van der Waals surface area contributed by atoms with Crippen molar-refractivity contribution in [2.24, 2.45) is 0 Å². The Morgan fingerprint density at radius 3 is 2.71 bits per heavy atom. The molecule has 1 rings (SSSR count). The van der Waals surface area contributed by atoms with Crippen LogP contribution < -0.4 is 10.6 Å². The van der Waals surface area contributed by atoms with E-state index >= 15 is 0 Å². The monoisotopic (exact) mass is 256 g/mol. The molecule has 0 fully saturated rings. The first-order valence-corrected chi connectivity index (χ1v) is 7.00. The van der Waals surface area contributed by atoms with Gasteiger partial charge in [-0.2, -0.15) is 0 Å². The molecule has 1 unspecified atom stereocenters. The normalized spacial score (nSPS) is 11.9. The van der Waals surface area contributed by atoms with Gasteiger partial charge in [0.05, 0.1) is 12.4 Å². The first kappa shape index (κ1) is 13.6. The molecule has 1 aromatic rings. The number of anilines is 1. The Hall–Kier alpha value is -1.50. The highest BCUT2D eigenvalue weighted by molar-refractivity contribution is 7.84. The molecule has 2 N–H and O–H groups in total. The van der Waals surface area contributed by atoms with Crippen LogP contribution in [0.2, 0.25) is 0 Å². The number of hydrogen-bond donors (Lipinski definition) is 2. The van der Waals surface area contributed by atoms with E-state index in [1.165, 1.54) is 12.4 Å². The number of hydrogen-bond acceptors (Lipinski definition) is 5. The van der Waals surface area contributed by atoms with E-state index in [-0.39, 0.29) is 11.6 Å². The molecule has 0 aliphatic rings. The lowest BCUT2D eigenvalue weighted by Crippen LogP contribution is -2.28. The van der Waals surface area contributed by atoms with Crippen LogP contribution in [-0.2, 0) is 10.8 Å². The van der Waals surface area contributed by atoms with Gasteiger partial charge in [-0.15, -0.1) is 0 Å². The molecule has 0 spiro atoms. The zero-order valence-electron chi connectivity index (χ0n) is 9.90. The van der Waals surface area contributed by atoms with Crippen molar-refractivity contribution in [1.82, 2.24) is 15.3 Å². The average molecular weight is 256 g/mol. The molecule has 0 saturated carbocycles. The number of carbonyl (C=O) groups is 1. The number of nitrogens with one attached hydrogen (secondary N) is 2. The van der Waals surface area contributed by atoms with Gasteiger partial charge in [0.1, 0.15) is 11.5 Å². The Morgan fingerprint density at radius 2 is 2.18 bits per heavy atom. The lowest BCUT2D eigenvalue weighted by atomic mass is 10.4. The molecule has 7 heteroatoms. The number of carbonyl (C=O) groups excluding carboxylic acids is 1. The van der Waals surface area contributed by atoms with E-state index in [0.29, 0.717) is 18.1 Å². The molecule has 0 aromatic carbocycles. The second kappa shape index (κ2) is 6.95. The molecular formula is C10H16N4O2S. The zero-order chi connectivity index (χ0) is 12.7. The van der Waals surface area contributed by atoms with Gasteiger partial charge in [0.25, 0.3) is 5.91 Å². The Balaban J connectivity index is 2.48. The predicted molar refractivity (Wildman–Crippen MR) is 67.5 cm³/mol. The number of rotatable bonds is 6. The second-order valence-corrected chi connectivity index (χ2v) is 4.91. The second-order valence-electron chi connectivity index (χ2n) is 3.35. The topological polar surface area (TPSA) is 84.0 Å². The highest BCUT2D eigenvalue weighted by Crippen LogP contribution is 2.00. The average Bonchev–Trinajstić information content (AvgIpc) is 2.30. The maximum atomic E-state index is 11.6. The van der Waals surface area contributed by atoms with Crippen molar-refractivity contribution in [1.29, 1.82) is 0 Å². The maximum absolute atomic E-state index is 11.6. The van der Waals surface area contributed by atoms with Crippen LogP contribution in [0.5, 0.6) is 0 Å². The van der Waals surface area contributed by atoms with Crippen molar-refractivity contribution in [3.8, 4) is 0 Å². The van der Waals surface area contributed by atoms with Gasteiger partial charge < -0.3 is 10.6 Å². The minimum atomic E-state index is -0.906. The molecule has 1 amide bonds. The molecule has 0 aliphatic carbocycles. The van der Waals surface area contributed by atoms with Crippen molar-refractivity contribution in [2.75, 3.05) is 30.4 Å². The summed E-state index contributed by atoms with van der Waals surface area (Å²) in [4.78, 5) is 19.6. The first-order chi connectivity index (χ1) is 8.13. The number of nitrogens with zero attached hydrogens (tertiary/aromatic N) is 2. The van der Waals surface area contributed by atoms with Gasteiger partial charge in [-0.3, -0.25) is 9.00 Å². The van der Waals surface area contributed by atoms with Gasteiger partial charge in [-0.05, 0) is 6.92 Å². The fourth-order valence-corrected chi connectivity index (χ4v) is 1.51. The lowest BCUT2D eigenvalue weighted by molar-refractivity contribution is 0.0951. The number of amides is 1. The fraction of sp³-hybridized carbons (Fsp3) is 0.500. The minimum Gasteiger partial charge on any atom is -0.369 e. The third kappa shape index (κ3) is 4.90. The highest BCUT2D eigenvalue weighted by Gasteiger charge is 2.07. The summed E-state index contributed by atoms with van der Waals surface area (Å²) < 4.78 is 10.8. The summed E-state index contributed by atoms with van der Waals surface area (Å²) in [6.07, 6.45) is 4.52. The van der Waals surface area contributed by atoms with E-state index in [1.807, 2.05) is 6.92 Å². The molecule has 1 aromatic heterocycles. The van der Waals surface area contributed by atoms with Crippen LogP contribution in [0.15, 0.2) is 12.4 Å². The summed E-state index contributed by atoms with van der Waals surface area (Å²) in [7, 11) is -0.906. The summed E-state index contributed by atoms with van der Waals surface area (Å²) in [6, 6.07) is 0. The van der Waals surface area contributed by atoms with Gasteiger partial charge in [0, 0.05) is 35.9 Å². The van der Waals surface area contributed by atoms with Crippen molar-refractivity contribution in [3.63, 3.8) is 0 Å². The minimum absolute atomic E-state index is 0.258. The smallest absolute Gasteiger partial charge is 0.271 e. The van der Waals surface area contributed by atoms with Crippen LogP contribution in [-0.4, -0.2) is 45.2 Å². The van der Waals surface area contributed by atoms with Crippen molar-refractivity contribution >= 4 is 22.5 Å². The fourth-order valence-electron chi connectivity index (χ4n) is 1.12. The van der Waals surface area contributed by atoms with E-state index < -0.39 is 10.8 Å². The molecule has 0 bridgehead atoms. The zero-order valence-corrected chi connectivity index (χ0v) is 10.7. The van der Waals surface area contributed by atoms with Gasteiger partial charge in [0.15, 0.2) is 0 Å². The third-order valence-electron chi connectivity index (χ3n) is 1.92. The standard InChI is InChI=1S/C10H16N4O2S/c1-3-11-9-7-13-8(6-14-9)10(15)12-4-5-17(2)16/h6-7H,3-5H2,1-2H3,(H,11,14)(H,12,15). The summed E-state index contributed by atoms with van der Waals surface area (Å²) >= 11 is 0. The van der Waals surface area contributed by atoms with Crippen LogP contribution in [0.25, 0.3) is 0 Å². The molecular weight excluding hydrogens is 240 g/mol. The van der Waals surface area contributed by atoms with Crippen LogP contribution in [0.1, 0.15) is 17.4 Å². The van der Waals surface area contributed by atoms with E-state index in [2.05, 4.69) is 20.6 Å². The van der Waals surface area contributed by atoms with Crippen LogP contribution in [0.3, 0.4) is 0 Å². The molecule has 0 radical (unpaired) electrons. The molecule has 1 atom stereocenters. The van der Waals surface area contributed by atoms with E-state index in [1.54, 1.807) is 6.26 Å². The molecule has 0 aliphatic heterocycles. The van der Waals surface area contributed by atoms with Gasteiger partial charge >= 0.3 is 0 Å². The first-order valence-electron chi connectivity index (χ1n) is 5.27. The number of aromatic nitrogens is 2. The third-order valence-corrected chi connectivity index (χ3v) is 2.70. The predicted octanol–water partition coefficient (Wildman–Crippen LogP) is 0.0167. The summed E-state index contributed by atoms with van der Waals surface area (Å²) in [5.74, 6) is 0.777. The quantitative estimate of drug-likeness (QED) is 0.749. The molecule has 6 nitrogen and oxygen atoms in total. The largest absolute Gasteiger partial charge is 0.369 e. The summed E-state index contributed by atoms with van der Waals surface area (Å²) in [5, 5.41) is 5.61. The highest BCUT2D eigenvalue weighted by atomic mass is 32.2. The maximum Gasteiger partial charge on any atom is 0.271 e. The molecule has 17 heavy (non-hydrogen) atoms. The van der Waals surface area contributed by atoms with Crippen LogP contribution in [0.4, 0.5) is 5.82 Å². The van der Waals surface area contributed by atoms with E-state index in [4.69, 9.17) is 0 Å². The molecule has 0 saturated heterocycles. The molecule has 1 heterocycles. The van der Waals surface area contributed by atoms with Gasteiger partial charge in [-0.1, -0.05) is 0 Å². The van der Waals surface area contributed by atoms with E-state index in [0.717, 1.165) is 6.54 Å². The van der Waals surface area contributed by atoms with Crippen molar-refractivity contribution in [3.05, 3.63) is 18.1 Å². The summed E-state index contributed by atoms with van der Waals surface area (Å²) in [6.45, 7) is 3.08. The van der Waals surface area contributed by atoms with Gasteiger partial charge in [0.2, 0.25) is 0 Å². The van der Waals surface area contributed by atoms with Gasteiger partial charge in [-0.25, -0.2) is 9.97 Å². The van der Waals surface area contributed by atoms with Crippen LogP contribution >= 0.6 is 0 Å². The lowest BCUT2D eigenvalue weighted by Gasteiger charge is -2.04. The van der Waals surface area contributed by atoms with E-state index in [9.17, 15) is 9.00 Å². The molecule has 94 valence electrons. The SMILES string of the molecule is CCNc1cnc(C(=O)NCCS(C)=O)cn1. The Kier molecular flexibility index (Phi) is 5.55. The Bertz CT molecular complexity index is 394.